The average Bonchev–Trinajstić information content (AvgIpc) is 2.47. The highest BCUT2D eigenvalue weighted by Crippen LogP contribution is 2.20. The maximum Gasteiger partial charge on any atom is 0.314 e. The van der Waals surface area contributed by atoms with Crippen LogP contribution in [0.5, 0.6) is 5.75 Å². The lowest BCUT2D eigenvalue weighted by molar-refractivity contribution is 0.231. The van der Waals surface area contributed by atoms with Crippen molar-refractivity contribution in [1.82, 2.24) is 15.5 Å². The molecule has 0 aliphatic carbocycles. The number of ether oxygens (including phenoxy) is 1. The van der Waals surface area contributed by atoms with E-state index in [1.165, 1.54) is 0 Å². The van der Waals surface area contributed by atoms with Gasteiger partial charge >= 0.3 is 6.03 Å². The fraction of sp³-hybridized carbons (Fsp3) is 0.588. The van der Waals surface area contributed by atoms with Crippen molar-refractivity contribution in [3.05, 3.63) is 29.8 Å². The molecule has 22 heavy (non-hydrogen) atoms. The van der Waals surface area contributed by atoms with Gasteiger partial charge in [0.1, 0.15) is 5.75 Å². The highest BCUT2D eigenvalue weighted by atomic mass is 16.5. The number of amides is 2. The molecule has 0 heterocycles. The Morgan fingerprint density at radius 1 is 1.14 bits per heavy atom. The molecule has 1 rings (SSSR count). The van der Waals surface area contributed by atoms with Gasteiger partial charge in [-0.25, -0.2) is 4.79 Å². The van der Waals surface area contributed by atoms with Crippen molar-refractivity contribution >= 4 is 6.03 Å². The Morgan fingerprint density at radius 3 is 2.23 bits per heavy atom. The third-order valence-corrected chi connectivity index (χ3v) is 3.33. The Morgan fingerprint density at radius 2 is 1.73 bits per heavy atom. The molecular formula is C17H29N3O2. The first-order valence-electron chi connectivity index (χ1n) is 7.85. The molecule has 124 valence electrons. The largest absolute Gasteiger partial charge is 0.494 e. The molecule has 0 saturated carbocycles. The van der Waals surface area contributed by atoms with Gasteiger partial charge in [-0.2, -0.15) is 0 Å². The summed E-state index contributed by atoms with van der Waals surface area (Å²) in [6.07, 6.45) is 0. The van der Waals surface area contributed by atoms with Crippen LogP contribution in [0.15, 0.2) is 24.3 Å². The standard InChI is InChI=1S/C17H29N3O2/c1-6-22-15-9-7-14(8-10-15)16(20(4)5)12-19-17(21)18-11-13(2)3/h7-10,13,16H,6,11-12H2,1-5H3,(H2,18,19,21). The second kappa shape index (κ2) is 9.30. The Hall–Kier alpha value is -1.75. The summed E-state index contributed by atoms with van der Waals surface area (Å²) in [4.78, 5) is 13.9. The monoisotopic (exact) mass is 307 g/mol. The SMILES string of the molecule is CCOc1ccc(C(CNC(=O)NCC(C)C)N(C)C)cc1. The van der Waals surface area contributed by atoms with Gasteiger partial charge in [-0.1, -0.05) is 26.0 Å². The summed E-state index contributed by atoms with van der Waals surface area (Å²) < 4.78 is 5.46. The van der Waals surface area contributed by atoms with E-state index < -0.39 is 0 Å². The number of nitrogens with one attached hydrogen (secondary N) is 2. The van der Waals surface area contributed by atoms with Crippen LogP contribution in [0.4, 0.5) is 4.79 Å². The molecule has 2 N–H and O–H groups in total. The number of carbonyl (C=O) groups excluding carboxylic acids is 1. The first kappa shape index (κ1) is 18.3. The van der Waals surface area contributed by atoms with Gasteiger partial charge in [0.2, 0.25) is 0 Å². The van der Waals surface area contributed by atoms with Crippen LogP contribution in [0.3, 0.4) is 0 Å². The number of hydrogen-bond acceptors (Lipinski definition) is 3. The molecule has 0 fully saturated rings. The predicted molar refractivity (Wildman–Crippen MR) is 90.3 cm³/mol. The summed E-state index contributed by atoms with van der Waals surface area (Å²) in [5, 5.41) is 5.80. The molecule has 2 amide bonds. The van der Waals surface area contributed by atoms with Gasteiger partial charge < -0.3 is 20.3 Å². The van der Waals surface area contributed by atoms with Crippen molar-refractivity contribution in [1.29, 1.82) is 0 Å². The molecule has 0 aliphatic heterocycles. The molecule has 1 aromatic carbocycles. The third-order valence-electron chi connectivity index (χ3n) is 3.33. The Kier molecular flexibility index (Phi) is 7.74. The summed E-state index contributed by atoms with van der Waals surface area (Å²) in [7, 11) is 4.02. The van der Waals surface area contributed by atoms with Gasteiger partial charge in [-0.15, -0.1) is 0 Å². The Balaban J connectivity index is 2.59. The highest BCUT2D eigenvalue weighted by Gasteiger charge is 2.15. The zero-order valence-electron chi connectivity index (χ0n) is 14.3. The lowest BCUT2D eigenvalue weighted by Crippen LogP contribution is -2.41. The zero-order chi connectivity index (χ0) is 16.5. The van der Waals surface area contributed by atoms with Crippen molar-refractivity contribution in [2.75, 3.05) is 33.8 Å². The number of rotatable bonds is 8. The van der Waals surface area contributed by atoms with Crippen LogP contribution >= 0.6 is 0 Å². The van der Waals surface area contributed by atoms with Gasteiger partial charge in [0.15, 0.2) is 0 Å². The third kappa shape index (κ3) is 6.35. The molecule has 1 atom stereocenters. The van der Waals surface area contributed by atoms with Crippen molar-refractivity contribution in [2.24, 2.45) is 5.92 Å². The van der Waals surface area contributed by atoms with Crippen molar-refractivity contribution in [3.8, 4) is 5.75 Å². The summed E-state index contributed by atoms with van der Waals surface area (Å²) in [5.74, 6) is 1.31. The Labute approximate surface area is 134 Å². The van der Waals surface area contributed by atoms with E-state index in [1.54, 1.807) is 0 Å². The highest BCUT2D eigenvalue weighted by molar-refractivity contribution is 5.73. The van der Waals surface area contributed by atoms with E-state index in [0.717, 1.165) is 11.3 Å². The minimum Gasteiger partial charge on any atom is -0.494 e. The van der Waals surface area contributed by atoms with Gasteiger partial charge in [0.25, 0.3) is 0 Å². The lowest BCUT2D eigenvalue weighted by Gasteiger charge is -2.25. The van der Waals surface area contributed by atoms with E-state index in [-0.39, 0.29) is 12.1 Å². The summed E-state index contributed by atoms with van der Waals surface area (Å²) in [6.45, 7) is 8.02. The molecule has 0 spiro atoms. The first-order chi connectivity index (χ1) is 10.4. The number of hydrogen-bond donors (Lipinski definition) is 2. The quantitative estimate of drug-likeness (QED) is 0.776. The van der Waals surface area contributed by atoms with Crippen LogP contribution < -0.4 is 15.4 Å². The summed E-state index contributed by atoms with van der Waals surface area (Å²) >= 11 is 0. The number of carbonyl (C=O) groups is 1. The molecule has 1 aromatic rings. The molecule has 1 unspecified atom stereocenters. The van der Waals surface area contributed by atoms with Gasteiger partial charge in [-0.05, 0) is 44.6 Å². The molecular weight excluding hydrogens is 278 g/mol. The normalized spacial score (nSPS) is 12.3. The van der Waals surface area contributed by atoms with Gasteiger partial charge in [0, 0.05) is 13.1 Å². The maximum atomic E-state index is 11.8. The van der Waals surface area contributed by atoms with Crippen LogP contribution in [0.2, 0.25) is 0 Å². The fourth-order valence-corrected chi connectivity index (χ4v) is 2.10. The van der Waals surface area contributed by atoms with Crippen LogP contribution in [0, 0.1) is 5.92 Å². The molecule has 0 aromatic heterocycles. The predicted octanol–water partition coefficient (Wildman–Crippen LogP) is 2.64. The van der Waals surface area contributed by atoms with Gasteiger partial charge in [0.05, 0.1) is 12.6 Å². The van der Waals surface area contributed by atoms with Crippen LogP contribution in [0.1, 0.15) is 32.4 Å². The minimum absolute atomic E-state index is 0.119. The van der Waals surface area contributed by atoms with E-state index in [2.05, 4.69) is 29.4 Å². The van der Waals surface area contributed by atoms with Crippen molar-refractivity contribution < 1.29 is 9.53 Å². The van der Waals surface area contributed by atoms with Crippen LogP contribution in [0.25, 0.3) is 0 Å². The second-order valence-corrected chi connectivity index (χ2v) is 5.97. The van der Waals surface area contributed by atoms with E-state index in [9.17, 15) is 4.79 Å². The van der Waals surface area contributed by atoms with Crippen LogP contribution in [-0.2, 0) is 0 Å². The number of likely N-dealkylation sites (N-methyl/N-ethyl adjacent to an activating group) is 1. The minimum atomic E-state index is -0.119. The summed E-state index contributed by atoms with van der Waals surface area (Å²) in [6, 6.07) is 8.03. The Bertz CT molecular complexity index is 444. The molecule has 0 aliphatic rings. The zero-order valence-corrected chi connectivity index (χ0v) is 14.3. The van der Waals surface area contributed by atoms with Gasteiger partial charge in [-0.3, -0.25) is 0 Å². The van der Waals surface area contributed by atoms with E-state index >= 15 is 0 Å². The fourth-order valence-electron chi connectivity index (χ4n) is 2.10. The number of urea groups is 1. The second-order valence-electron chi connectivity index (χ2n) is 5.97. The molecule has 5 heteroatoms. The molecule has 5 nitrogen and oxygen atoms in total. The van der Waals surface area contributed by atoms with Crippen LogP contribution in [-0.4, -0.2) is 44.7 Å². The molecule has 0 saturated heterocycles. The van der Waals surface area contributed by atoms with E-state index in [0.29, 0.717) is 25.6 Å². The smallest absolute Gasteiger partial charge is 0.314 e. The van der Waals surface area contributed by atoms with Crippen molar-refractivity contribution in [3.63, 3.8) is 0 Å². The molecule has 0 bridgehead atoms. The number of nitrogens with zero attached hydrogens (tertiary/aromatic N) is 1. The molecule has 0 radical (unpaired) electrons. The summed E-state index contributed by atoms with van der Waals surface area (Å²) in [5.41, 5.74) is 1.15. The maximum absolute atomic E-state index is 11.8. The first-order valence-corrected chi connectivity index (χ1v) is 7.85. The van der Waals surface area contributed by atoms with E-state index in [1.807, 2.05) is 45.3 Å². The van der Waals surface area contributed by atoms with E-state index in [4.69, 9.17) is 4.74 Å². The topological polar surface area (TPSA) is 53.6 Å². The van der Waals surface area contributed by atoms with Crippen molar-refractivity contribution in [2.45, 2.75) is 26.8 Å². The average molecular weight is 307 g/mol. The number of benzene rings is 1. The lowest BCUT2D eigenvalue weighted by atomic mass is 10.1.